The summed E-state index contributed by atoms with van der Waals surface area (Å²) in [6, 6.07) is 12.9. The van der Waals surface area contributed by atoms with E-state index in [0.717, 1.165) is 24.1 Å². The number of likely N-dealkylation sites (tertiary alicyclic amines) is 1. The molecule has 2 aliphatic heterocycles. The number of amides is 3. The molecule has 2 aromatic rings. The Morgan fingerprint density at radius 3 is 2.30 bits per heavy atom. The molecule has 2 aliphatic rings. The summed E-state index contributed by atoms with van der Waals surface area (Å²) in [7, 11) is 0. The number of hydrogen-bond acceptors (Lipinski definition) is 7. The molecule has 3 amide bonds. The zero-order valence-electron chi connectivity index (χ0n) is 17.9. The predicted octanol–water partition coefficient (Wildman–Crippen LogP) is 3.19. The third kappa shape index (κ3) is 5.46. The molecule has 0 spiro atoms. The second kappa shape index (κ2) is 9.68. The first kappa shape index (κ1) is 22.3. The number of nitrogens with zero attached hydrogens (tertiary/aromatic N) is 2. The van der Waals surface area contributed by atoms with Crippen LogP contribution in [0.15, 0.2) is 48.5 Å². The number of nitro groups is 1. The molecular formula is C23H24N4O6. The minimum atomic E-state index is -0.506. The van der Waals surface area contributed by atoms with Gasteiger partial charge in [-0.1, -0.05) is 12.1 Å². The number of hydrogen-bond donors (Lipinski definition) is 2. The van der Waals surface area contributed by atoms with Crippen molar-refractivity contribution in [1.82, 2.24) is 10.2 Å². The smallest absolute Gasteiger partial charge is 0.410 e. The summed E-state index contributed by atoms with van der Waals surface area (Å²) >= 11 is 0. The molecule has 0 aliphatic carbocycles. The molecule has 0 saturated carbocycles. The van der Waals surface area contributed by atoms with Crippen molar-refractivity contribution in [3.63, 3.8) is 0 Å². The van der Waals surface area contributed by atoms with Crippen LogP contribution < -0.4 is 15.4 Å². The Bertz CT molecular complexity index is 1050. The second-order valence-electron chi connectivity index (χ2n) is 8.15. The normalized spacial score (nSPS) is 19.0. The number of carbonyl (C=O) groups is 3. The number of piperidine rings is 2. The van der Waals surface area contributed by atoms with Crippen molar-refractivity contribution in [2.75, 3.05) is 18.4 Å². The van der Waals surface area contributed by atoms with Gasteiger partial charge in [-0.3, -0.25) is 25.0 Å². The number of anilines is 1. The molecule has 0 aromatic heterocycles. The first-order valence-electron chi connectivity index (χ1n) is 10.8. The lowest BCUT2D eigenvalue weighted by Crippen LogP contribution is -2.47. The Balaban J connectivity index is 1.27. The van der Waals surface area contributed by atoms with Crippen molar-refractivity contribution < 1.29 is 24.0 Å². The molecule has 0 bridgehead atoms. The van der Waals surface area contributed by atoms with Crippen LogP contribution in [0, 0.1) is 10.1 Å². The molecule has 10 heteroatoms. The van der Waals surface area contributed by atoms with Crippen LogP contribution in [0.4, 0.5) is 16.2 Å². The molecule has 4 rings (SSSR count). The molecule has 2 aromatic carbocycles. The summed E-state index contributed by atoms with van der Waals surface area (Å²) in [6.45, 7) is 1.10. The molecule has 172 valence electrons. The van der Waals surface area contributed by atoms with Crippen molar-refractivity contribution in [3.05, 3.63) is 64.2 Å². The standard InChI is InChI=1S/C23H24N4O6/c28-21-10-9-20(22(29)25-21)24-17-3-1-15(2-4-17)16-11-13-26(14-12-16)23(30)33-19-7-5-18(6-8-19)27(31)32/h1-8,16,20,24H,9-14H2,(H,25,28,29). The molecule has 2 N–H and O–H groups in total. The van der Waals surface area contributed by atoms with Gasteiger partial charge in [0.15, 0.2) is 0 Å². The highest BCUT2D eigenvalue weighted by Gasteiger charge is 2.27. The largest absolute Gasteiger partial charge is 0.415 e. The summed E-state index contributed by atoms with van der Waals surface area (Å²) in [5.74, 6) is 0.0320. The van der Waals surface area contributed by atoms with E-state index in [0.29, 0.717) is 31.8 Å². The lowest BCUT2D eigenvalue weighted by molar-refractivity contribution is -0.384. The van der Waals surface area contributed by atoms with Crippen molar-refractivity contribution in [2.24, 2.45) is 0 Å². The number of nitrogens with one attached hydrogen (secondary N) is 2. The molecule has 10 nitrogen and oxygen atoms in total. The minimum absolute atomic E-state index is 0.0612. The Labute approximate surface area is 190 Å². The highest BCUT2D eigenvalue weighted by atomic mass is 16.6. The highest BCUT2D eigenvalue weighted by molar-refractivity contribution is 6.01. The van der Waals surface area contributed by atoms with E-state index in [1.165, 1.54) is 24.3 Å². The van der Waals surface area contributed by atoms with Crippen LogP contribution in [-0.4, -0.2) is 46.9 Å². The third-order valence-electron chi connectivity index (χ3n) is 5.97. The Kier molecular flexibility index (Phi) is 6.53. The van der Waals surface area contributed by atoms with Crippen molar-refractivity contribution in [1.29, 1.82) is 0 Å². The van der Waals surface area contributed by atoms with Gasteiger partial charge in [0.05, 0.1) is 4.92 Å². The zero-order chi connectivity index (χ0) is 23.4. The number of rotatable bonds is 5. The van der Waals surface area contributed by atoms with Crippen LogP contribution in [0.2, 0.25) is 0 Å². The van der Waals surface area contributed by atoms with E-state index >= 15 is 0 Å². The fraction of sp³-hybridized carbons (Fsp3) is 0.348. The van der Waals surface area contributed by atoms with E-state index in [1.807, 2.05) is 24.3 Å². The van der Waals surface area contributed by atoms with Gasteiger partial charge in [0.1, 0.15) is 11.8 Å². The summed E-state index contributed by atoms with van der Waals surface area (Å²) in [4.78, 5) is 47.4. The van der Waals surface area contributed by atoms with Crippen LogP contribution in [0.25, 0.3) is 0 Å². The van der Waals surface area contributed by atoms with Gasteiger partial charge in [-0.15, -0.1) is 0 Å². The van der Waals surface area contributed by atoms with E-state index in [9.17, 15) is 24.5 Å². The number of ether oxygens (including phenoxy) is 1. The monoisotopic (exact) mass is 452 g/mol. The van der Waals surface area contributed by atoms with Crippen LogP contribution >= 0.6 is 0 Å². The van der Waals surface area contributed by atoms with Gasteiger partial charge in [0.2, 0.25) is 11.8 Å². The number of imide groups is 1. The maximum absolute atomic E-state index is 12.4. The van der Waals surface area contributed by atoms with E-state index in [-0.39, 0.29) is 23.3 Å². The molecule has 2 heterocycles. The lowest BCUT2D eigenvalue weighted by Gasteiger charge is -2.31. The van der Waals surface area contributed by atoms with Crippen LogP contribution in [0.1, 0.15) is 37.2 Å². The van der Waals surface area contributed by atoms with E-state index in [2.05, 4.69) is 10.6 Å². The molecule has 2 fully saturated rings. The molecule has 33 heavy (non-hydrogen) atoms. The number of benzene rings is 2. The fourth-order valence-electron chi connectivity index (χ4n) is 4.08. The first-order valence-corrected chi connectivity index (χ1v) is 10.8. The molecule has 2 saturated heterocycles. The molecule has 1 atom stereocenters. The maximum atomic E-state index is 12.4. The van der Waals surface area contributed by atoms with Gasteiger partial charge >= 0.3 is 6.09 Å². The number of nitro benzene ring substituents is 1. The first-order chi connectivity index (χ1) is 15.9. The topological polar surface area (TPSA) is 131 Å². The van der Waals surface area contributed by atoms with Crippen molar-refractivity contribution >= 4 is 29.3 Å². The second-order valence-corrected chi connectivity index (χ2v) is 8.15. The Morgan fingerprint density at radius 2 is 1.70 bits per heavy atom. The summed E-state index contributed by atoms with van der Waals surface area (Å²) in [6.07, 6.45) is 1.91. The van der Waals surface area contributed by atoms with E-state index < -0.39 is 17.1 Å². The van der Waals surface area contributed by atoms with E-state index in [1.54, 1.807) is 4.90 Å². The van der Waals surface area contributed by atoms with Crippen molar-refractivity contribution in [3.8, 4) is 5.75 Å². The minimum Gasteiger partial charge on any atom is -0.410 e. The van der Waals surface area contributed by atoms with Crippen molar-refractivity contribution in [2.45, 2.75) is 37.6 Å². The average molecular weight is 452 g/mol. The summed E-state index contributed by atoms with van der Waals surface area (Å²) < 4.78 is 5.34. The average Bonchev–Trinajstić information content (AvgIpc) is 2.82. The summed E-state index contributed by atoms with van der Waals surface area (Å²) in [5, 5.41) is 16.2. The molecular weight excluding hydrogens is 428 g/mol. The number of non-ortho nitro benzene ring substituents is 1. The predicted molar refractivity (Wildman–Crippen MR) is 119 cm³/mol. The maximum Gasteiger partial charge on any atom is 0.415 e. The fourth-order valence-corrected chi connectivity index (χ4v) is 4.08. The quantitative estimate of drug-likeness (QED) is 0.405. The molecule has 0 radical (unpaired) electrons. The van der Waals surface area contributed by atoms with Gasteiger partial charge in [-0.2, -0.15) is 0 Å². The Morgan fingerprint density at radius 1 is 1.03 bits per heavy atom. The van der Waals surface area contributed by atoms with Crippen LogP contribution in [-0.2, 0) is 9.59 Å². The van der Waals surface area contributed by atoms with Crippen LogP contribution in [0.5, 0.6) is 5.75 Å². The molecule has 1 unspecified atom stereocenters. The SMILES string of the molecule is O=C1CCC(Nc2ccc(C3CCN(C(=O)Oc4ccc([N+](=O)[O-])cc4)CC3)cc2)C(=O)N1. The van der Waals surface area contributed by atoms with Gasteiger partial charge < -0.3 is 15.0 Å². The Hall–Kier alpha value is -3.95. The third-order valence-corrected chi connectivity index (χ3v) is 5.97. The lowest BCUT2D eigenvalue weighted by atomic mass is 9.89. The van der Waals surface area contributed by atoms with Gasteiger partial charge in [0, 0.05) is 37.3 Å². The van der Waals surface area contributed by atoms with Crippen LogP contribution in [0.3, 0.4) is 0 Å². The zero-order valence-corrected chi connectivity index (χ0v) is 17.9. The van der Waals surface area contributed by atoms with Gasteiger partial charge in [-0.25, -0.2) is 4.79 Å². The number of carbonyl (C=O) groups excluding carboxylic acids is 3. The summed E-state index contributed by atoms with van der Waals surface area (Å²) in [5.41, 5.74) is 1.92. The van der Waals surface area contributed by atoms with Gasteiger partial charge in [0.25, 0.3) is 5.69 Å². The van der Waals surface area contributed by atoms with Gasteiger partial charge in [-0.05, 0) is 55.0 Å². The highest BCUT2D eigenvalue weighted by Crippen LogP contribution is 2.30. The van der Waals surface area contributed by atoms with E-state index in [4.69, 9.17) is 4.74 Å².